The summed E-state index contributed by atoms with van der Waals surface area (Å²) < 4.78 is 21.2. The van der Waals surface area contributed by atoms with Crippen molar-refractivity contribution in [2.45, 2.75) is 78.2 Å². The molecule has 0 radical (unpaired) electrons. The number of imidazole rings is 1. The zero-order valence-corrected chi connectivity index (χ0v) is 26.6. The molecule has 4 rings (SSSR count). The maximum Gasteiger partial charge on any atom is 0.419 e. The van der Waals surface area contributed by atoms with Crippen LogP contribution in [0.15, 0.2) is 36.5 Å². The number of methoxy groups -OCH3 is 1. The Morgan fingerprint density at radius 2 is 1.85 bits per heavy atom. The molecule has 0 spiro atoms. The van der Waals surface area contributed by atoms with E-state index >= 15 is 0 Å². The van der Waals surface area contributed by atoms with Crippen LogP contribution in [0.25, 0.3) is 21.9 Å². The first kappa shape index (κ1) is 30.3. The normalized spacial score (nSPS) is 13.8. The highest BCUT2D eigenvalue weighted by Gasteiger charge is 2.36. The molecular weight excluding hydrogens is 534 g/mol. The third-order valence-corrected chi connectivity index (χ3v) is 8.72. The van der Waals surface area contributed by atoms with E-state index in [0.29, 0.717) is 40.3 Å². The van der Waals surface area contributed by atoms with Crippen molar-refractivity contribution in [3.8, 4) is 11.8 Å². The first-order chi connectivity index (χ1) is 19.1. The maximum absolute atomic E-state index is 13.1. The zero-order valence-electron chi connectivity index (χ0n) is 25.6. The lowest BCUT2D eigenvalue weighted by molar-refractivity contribution is 0.0544. The van der Waals surface area contributed by atoms with E-state index in [1.807, 2.05) is 63.5 Å². The van der Waals surface area contributed by atoms with Gasteiger partial charge in [0.25, 0.3) is 0 Å². The average molecular weight is 576 g/mol. The molecule has 0 aliphatic carbocycles. The van der Waals surface area contributed by atoms with Crippen LogP contribution in [0.2, 0.25) is 25.7 Å². The molecule has 2 N–H and O–H groups in total. The smallest absolute Gasteiger partial charge is 0.419 e. The molecule has 2 heterocycles. The van der Waals surface area contributed by atoms with Crippen LogP contribution < -0.4 is 10.5 Å². The number of hydrogen-bond donors (Lipinski definition) is 1. The van der Waals surface area contributed by atoms with Crippen LogP contribution in [0.4, 0.5) is 4.79 Å². The number of benzene rings is 2. The van der Waals surface area contributed by atoms with Crippen molar-refractivity contribution in [3.05, 3.63) is 59.0 Å². The summed E-state index contributed by atoms with van der Waals surface area (Å²) in [6.07, 6.45) is 1.23. The number of nitrogens with zero attached hydrogens (tertiary/aromatic N) is 4. The summed E-state index contributed by atoms with van der Waals surface area (Å²) in [6, 6.07) is 12.4. The fourth-order valence-electron chi connectivity index (χ4n) is 5.03. The van der Waals surface area contributed by atoms with Gasteiger partial charge in [-0.3, -0.25) is 4.57 Å². The summed E-state index contributed by atoms with van der Waals surface area (Å²) in [5.74, 6) is 1.14. The van der Waals surface area contributed by atoms with Gasteiger partial charge in [-0.2, -0.15) is 5.26 Å². The van der Waals surface area contributed by atoms with Gasteiger partial charge in [-0.15, -0.1) is 0 Å². The molecule has 9 nitrogen and oxygen atoms in total. The third kappa shape index (κ3) is 6.17. The fraction of sp³-hybridized carbons (Fsp3) is 0.452. The van der Waals surface area contributed by atoms with E-state index < -0.39 is 25.3 Å². The van der Waals surface area contributed by atoms with Crippen molar-refractivity contribution in [2.75, 3.05) is 13.7 Å². The molecule has 0 saturated carbocycles. The second kappa shape index (κ2) is 11.0. The first-order valence-corrected chi connectivity index (χ1v) is 17.5. The first-order valence-electron chi connectivity index (χ1n) is 13.8. The lowest BCUT2D eigenvalue weighted by Crippen LogP contribution is -2.38. The summed E-state index contributed by atoms with van der Waals surface area (Å²) in [7, 11) is 0.309. The standard InChI is InChI=1S/C31H41N5O4Si/c1-20-16-25(38-6)26(22-12-13-35(27(20)22)29(37)40-30(2,3)4)31(5,33)28-34-23-11-10-21(18-32)17-24(23)36(28)19-39-14-15-41(7,8)9/h10-13,16-17H,14-15,19,33H2,1-9H3. The molecule has 2 aromatic heterocycles. The number of nitriles is 1. The number of rotatable bonds is 8. The van der Waals surface area contributed by atoms with Crippen LogP contribution in [0.1, 0.15) is 50.2 Å². The van der Waals surface area contributed by atoms with Crippen LogP contribution >= 0.6 is 0 Å². The Kier molecular flexibility index (Phi) is 8.11. The van der Waals surface area contributed by atoms with Crippen molar-refractivity contribution < 1.29 is 19.0 Å². The van der Waals surface area contributed by atoms with E-state index in [4.69, 9.17) is 24.9 Å². The number of aryl methyl sites for hydroxylation is 1. The van der Waals surface area contributed by atoms with Crippen molar-refractivity contribution in [3.63, 3.8) is 0 Å². The van der Waals surface area contributed by atoms with E-state index in [9.17, 15) is 10.1 Å². The molecule has 0 bridgehead atoms. The molecule has 0 aliphatic heterocycles. The minimum atomic E-state index is -1.30. The molecular formula is C31H41N5O4Si. The van der Waals surface area contributed by atoms with Gasteiger partial charge in [-0.1, -0.05) is 19.6 Å². The predicted octanol–water partition coefficient (Wildman–Crippen LogP) is 6.50. The highest BCUT2D eigenvalue weighted by Crippen LogP contribution is 2.41. The van der Waals surface area contributed by atoms with Crippen molar-refractivity contribution >= 4 is 36.1 Å². The van der Waals surface area contributed by atoms with E-state index in [0.717, 1.165) is 22.5 Å². The maximum atomic E-state index is 13.1. The van der Waals surface area contributed by atoms with Gasteiger partial charge in [0.15, 0.2) is 0 Å². The van der Waals surface area contributed by atoms with Gasteiger partial charge in [0, 0.05) is 31.8 Å². The second-order valence-corrected chi connectivity index (χ2v) is 18.5. The highest BCUT2D eigenvalue weighted by atomic mass is 28.3. The molecule has 1 atom stereocenters. The van der Waals surface area contributed by atoms with Crippen LogP contribution in [0, 0.1) is 18.3 Å². The molecule has 0 aliphatic rings. The minimum Gasteiger partial charge on any atom is -0.496 e. The van der Waals surface area contributed by atoms with Gasteiger partial charge in [0.2, 0.25) is 0 Å². The van der Waals surface area contributed by atoms with Gasteiger partial charge in [0.1, 0.15) is 29.4 Å². The number of ether oxygens (including phenoxy) is 3. The number of carbonyl (C=O) groups excluding carboxylic acids is 1. The monoisotopic (exact) mass is 575 g/mol. The van der Waals surface area contributed by atoms with E-state index in [1.165, 1.54) is 4.57 Å². The number of aromatic nitrogens is 3. The Hall–Kier alpha value is -3.65. The van der Waals surface area contributed by atoms with Crippen LogP contribution in [-0.4, -0.2) is 47.6 Å². The van der Waals surface area contributed by atoms with Crippen LogP contribution in [0.3, 0.4) is 0 Å². The summed E-state index contributed by atoms with van der Waals surface area (Å²) in [4.78, 5) is 18.1. The van der Waals surface area contributed by atoms with Gasteiger partial charge < -0.3 is 24.5 Å². The van der Waals surface area contributed by atoms with E-state index in [-0.39, 0.29) is 6.73 Å². The Morgan fingerprint density at radius 3 is 2.46 bits per heavy atom. The summed E-state index contributed by atoms with van der Waals surface area (Å²) in [5, 5.41) is 10.3. The SMILES string of the molecule is COc1cc(C)c2c(ccn2C(=O)OC(C)(C)C)c1C(C)(N)c1nc2ccc(C#N)cc2n1COCC[Si](C)(C)C. The second-order valence-electron chi connectivity index (χ2n) is 12.9. The number of fused-ring (bicyclic) bond motifs is 2. The number of carbonyl (C=O) groups is 1. The Labute approximate surface area is 242 Å². The minimum absolute atomic E-state index is 0.230. The number of hydrogen-bond acceptors (Lipinski definition) is 7. The Balaban J connectivity index is 1.91. The topological polar surface area (TPSA) is 117 Å². The quantitative estimate of drug-likeness (QED) is 0.188. The fourth-order valence-corrected chi connectivity index (χ4v) is 5.79. The molecule has 0 fully saturated rings. The van der Waals surface area contributed by atoms with Crippen molar-refractivity contribution in [1.82, 2.24) is 14.1 Å². The molecule has 1 unspecified atom stereocenters. The Bertz CT molecular complexity index is 1650. The highest BCUT2D eigenvalue weighted by molar-refractivity contribution is 6.76. The number of nitrogens with two attached hydrogens (primary N) is 1. The average Bonchev–Trinajstić information content (AvgIpc) is 3.47. The van der Waals surface area contributed by atoms with Crippen LogP contribution in [0.5, 0.6) is 5.75 Å². The zero-order chi connectivity index (χ0) is 30.3. The van der Waals surface area contributed by atoms with Crippen LogP contribution in [-0.2, 0) is 21.7 Å². The lowest BCUT2D eigenvalue weighted by atomic mass is 9.87. The van der Waals surface area contributed by atoms with Gasteiger partial charge in [-0.25, -0.2) is 9.78 Å². The predicted molar refractivity (Wildman–Crippen MR) is 164 cm³/mol. The molecule has 41 heavy (non-hydrogen) atoms. The molecule has 0 amide bonds. The van der Waals surface area contributed by atoms with Crippen molar-refractivity contribution in [2.24, 2.45) is 5.73 Å². The molecule has 2 aromatic carbocycles. The molecule has 0 saturated heterocycles. The summed E-state index contributed by atoms with van der Waals surface area (Å²) in [5.41, 5.74) is 9.62. The van der Waals surface area contributed by atoms with Gasteiger partial charge in [-0.05, 0) is 76.6 Å². The third-order valence-electron chi connectivity index (χ3n) is 7.01. The van der Waals surface area contributed by atoms with Gasteiger partial charge >= 0.3 is 6.09 Å². The van der Waals surface area contributed by atoms with Gasteiger partial charge in [0.05, 0.1) is 35.3 Å². The molecule has 218 valence electrons. The largest absolute Gasteiger partial charge is 0.496 e. The summed E-state index contributed by atoms with van der Waals surface area (Å²) >= 11 is 0. The molecule has 4 aromatic rings. The molecule has 10 heteroatoms. The lowest BCUT2D eigenvalue weighted by Gasteiger charge is -2.29. The van der Waals surface area contributed by atoms with E-state index in [2.05, 4.69) is 25.7 Å². The Morgan fingerprint density at radius 1 is 1.15 bits per heavy atom. The van der Waals surface area contributed by atoms with Crippen molar-refractivity contribution in [1.29, 1.82) is 5.26 Å². The summed E-state index contributed by atoms with van der Waals surface area (Å²) in [6.45, 7) is 17.1. The van der Waals surface area contributed by atoms with E-state index in [1.54, 1.807) is 19.4 Å².